The third-order valence-electron chi connectivity index (χ3n) is 7.15. The molecule has 8 nitrogen and oxygen atoms in total. The summed E-state index contributed by atoms with van der Waals surface area (Å²) in [5.74, 6) is 0.239. The summed E-state index contributed by atoms with van der Waals surface area (Å²) in [6, 6.07) is 7.04. The van der Waals surface area contributed by atoms with Crippen molar-refractivity contribution in [3.63, 3.8) is 0 Å². The van der Waals surface area contributed by atoms with Crippen LogP contribution in [0.2, 0.25) is 0 Å². The molecule has 0 radical (unpaired) electrons. The first-order valence-corrected chi connectivity index (χ1v) is 13.1. The molecule has 0 saturated carbocycles. The SMILES string of the molecule is CCN1CCN(CCCNC(=O)[C@@H]2c3cc(OC)c(OC)cc3C(=O)N(C)[C@@H]2c2cccs2)CC1. The molecule has 1 saturated heterocycles. The Bertz CT molecular complexity index is 1020. The van der Waals surface area contributed by atoms with Gasteiger partial charge in [-0.05, 0) is 48.7 Å². The number of likely N-dealkylation sites (N-methyl/N-ethyl adjacent to an activating group) is 2. The molecule has 1 fully saturated rings. The Morgan fingerprint density at radius 1 is 1.11 bits per heavy atom. The Hall–Kier alpha value is -2.62. The van der Waals surface area contributed by atoms with Crippen molar-refractivity contribution in [2.45, 2.75) is 25.3 Å². The highest BCUT2D eigenvalue weighted by Gasteiger charge is 2.44. The van der Waals surface area contributed by atoms with Gasteiger partial charge in [-0.2, -0.15) is 0 Å². The van der Waals surface area contributed by atoms with Gasteiger partial charge in [-0.15, -0.1) is 11.3 Å². The first-order valence-electron chi connectivity index (χ1n) is 12.3. The van der Waals surface area contributed by atoms with Crippen LogP contribution in [-0.2, 0) is 4.79 Å². The molecule has 2 atom stereocenters. The lowest BCUT2D eigenvalue weighted by molar-refractivity contribution is -0.124. The molecule has 0 spiro atoms. The third kappa shape index (κ3) is 5.32. The van der Waals surface area contributed by atoms with E-state index in [1.165, 1.54) is 0 Å². The van der Waals surface area contributed by atoms with Crippen LogP contribution in [0.25, 0.3) is 0 Å². The Morgan fingerprint density at radius 3 is 2.43 bits per heavy atom. The van der Waals surface area contributed by atoms with Crippen molar-refractivity contribution in [3.8, 4) is 11.5 Å². The van der Waals surface area contributed by atoms with E-state index in [0.29, 0.717) is 29.2 Å². The number of carbonyl (C=O) groups is 2. The van der Waals surface area contributed by atoms with Crippen molar-refractivity contribution in [3.05, 3.63) is 45.6 Å². The van der Waals surface area contributed by atoms with Gasteiger partial charge in [-0.3, -0.25) is 9.59 Å². The quantitative estimate of drug-likeness (QED) is 0.534. The Kier molecular flexibility index (Phi) is 8.30. The number of hydrogen-bond acceptors (Lipinski definition) is 7. The van der Waals surface area contributed by atoms with Crippen molar-refractivity contribution in [2.75, 3.05) is 67.1 Å². The molecule has 1 aromatic carbocycles. The summed E-state index contributed by atoms with van der Waals surface area (Å²) in [5, 5.41) is 5.14. The van der Waals surface area contributed by atoms with Gasteiger partial charge in [0.15, 0.2) is 11.5 Å². The summed E-state index contributed by atoms with van der Waals surface area (Å²) in [6.45, 7) is 9.24. The fourth-order valence-electron chi connectivity index (χ4n) is 5.10. The van der Waals surface area contributed by atoms with Gasteiger partial charge in [-0.25, -0.2) is 0 Å². The number of nitrogens with zero attached hydrogens (tertiary/aromatic N) is 3. The maximum absolute atomic E-state index is 13.7. The normalized spacial score (nSPS) is 21.0. The van der Waals surface area contributed by atoms with E-state index in [1.54, 1.807) is 49.6 Å². The van der Waals surface area contributed by atoms with Crippen molar-refractivity contribution >= 4 is 23.2 Å². The van der Waals surface area contributed by atoms with Crippen molar-refractivity contribution < 1.29 is 19.1 Å². The van der Waals surface area contributed by atoms with Crippen LogP contribution in [0.1, 0.15) is 46.1 Å². The molecule has 35 heavy (non-hydrogen) atoms. The average molecular weight is 501 g/mol. The number of piperazine rings is 1. The molecule has 2 aromatic rings. The second-order valence-electron chi connectivity index (χ2n) is 9.07. The highest BCUT2D eigenvalue weighted by atomic mass is 32.1. The van der Waals surface area contributed by atoms with Crippen molar-refractivity contribution in [1.82, 2.24) is 20.0 Å². The van der Waals surface area contributed by atoms with E-state index in [1.807, 2.05) is 17.5 Å². The molecule has 2 amide bonds. The van der Waals surface area contributed by atoms with Gasteiger partial charge in [0.1, 0.15) is 0 Å². The second kappa shape index (κ2) is 11.4. The van der Waals surface area contributed by atoms with Gasteiger partial charge in [0.25, 0.3) is 5.91 Å². The maximum atomic E-state index is 13.7. The maximum Gasteiger partial charge on any atom is 0.254 e. The van der Waals surface area contributed by atoms with Crippen LogP contribution in [0.5, 0.6) is 11.5 Å². The van der Waals surface area contributed by atoms with Gasteiger partial charge in [0.2, 0.25) is 5.91 Å². The summed E-state index contributed by atoms with van der Waals surface area (Å²) in [5.41, 5.74) is 1.16. The zero-order chi connectivity index (χ0) is 24.9. The summed E-state index contributed by atoms with van der Waals surface area (Å²) in [7, 11) is 4.87. The smallest absolute Gasteiger partial charge is 0.254 e. The Balaban J connectivity index is 1.53. The van der Waals surface area contributed by atoms with E-state index in [-0.39, 0.29) is 17.9 Å². The van der Waals surface area contributed by atoms with E-state index in [2.05, 4.69) is 22.0 Å². The first-order chi connectivity index (χ1) is 17.0. The molecule has 0 unspecified atom stereocenters. The molecule has 1 N–H and O–H groups in total. The van der Waals surface area contributed by atoms with E-state index >= 15 is 0 Å². The number of rotatable bonds is 9. The number of methoxy groups -OCH3 is 2. The van der Waals surface area contributed by atoms with Gasteiger partial charge >= 0.3 is 0 Å². The highest BCUT2D eigenvalue weighted by molar-refractivity contribution is 7.10. The summed E-state index contributed by atoms with van der Waals surface area (Å²) in [4.78, 5) is 34.6. The van der Waals surface area contributed by atoms with E-state index in [4.69, 9.17) is 9.47 Å². The van der Waals surface area contributed by atoms with Crippen LogP contribution in [0, 0.1) is 0 Å². The van der Waals surface area contributed by atoms with Crippen LogP contribution >= 0.6 is 11.3 Å². The number of nitrogens with one attached hydrogen (secondary N) is 1. The number of hydrogen-bond donors (Lipinski definition) is 1. The number of ether oxygens (including phenoxy) is 2. The zero-order valence-electron chi connectivity index (χ0n) is 21.1. The predicted octanol–water partition coefficient (Wildman–Crippen LogP) is 2.82. The number of fused-ring (bicyclic) bond motifs is 1. The van der Waals surface area contributed by atoms with Crippen molar-refractivity contribution in [2.24, 2.45) is 0 Å². The molecule has 3 heterocycles. The molecule has 1 aromatic heterocycles. The summed E-state index contributed by atoms with van der Waals surface area (Å²) < 4.78 is 10.9. The minimum Gasteiger partial charge on any atom is -0.493 e. The topological polar surface area (TPSA) is 74.4 Å². The van der Waals surface area contributed by atoms with E-state index in [9.17, 15) is 9.59 Å². The first kappa shape index (κ1) is 25.5. The highest BCUT2D eigenvalue weighted by Crippen LogP contribution is 2.46. The summed E-state index contributed by atoms with van der Waals surface area (Å²) >= 11 is 1.56. The van der Waals surface area contributed by atoms with E-state index in [0.717, 1.165) is 50.6 Å². The number of thiophene rings is 1. The lowest BCUT2D eigenvalue weighted by atomic mass is 9.81. The lowest BCUT2D eigenvalue weighted by Gasteiger charge is -2.39. The fraction of sp³-hybridized carbons (Fsp3) is 0.538. The van der Waals surface area contributed by atoms with Crippen LogP contribution in [0.3, 0.4) is 0 Å². The second-order valence-corrected chi connectivity index (χ2v) is 10.0. The van der Waals surface area contributed by atoms with Gasteiger partial charge in [0, 0.05) is 50.2 Å². The van der Waals surface area contributed by atoms with Crippen LogP contribution in [0.4, 0.5) is 0 Å². The molecular weight excluding hydrogens is 464 g/mol. The third-order valence-corrected chi connectivity index (χ3v) is 8.10. The molecule has 9 heteroatoms. The number of benzene rings is 1. The fourth-order valence-corrected chi connectivity index (χ4v) is 6.00. The van der Waals surface area contributed by atoms with Crippen molar-refractivity contribution in [1.29, 1.82) is 0 Å². The molecule has 0 aliphatic carbocycles. The monoisotopic (exact) mass is 500 g/mol. The summed E-state index contributed by atoms with van der Waals surface area (Å²) in [6.07, 6.45) is 0.891. The van der Waals surface area contributed by atoms with Gasteiger partial charge in [0.05, 0.1) is 26.2 Å². The Morgan fingerprint density at radius 2 is 1.80 bits per heavy atom. The number of amides is 2. The standard InChI is InChI=1S/C26H36N4O4S/c1-5-29-11-13-30(14-12-29)10-7-9-27-25(31)23-18-16-20(33-3)21(34-4)17-19(18)26(32)28(2)24(23)22-8-6-15-35-22/h6,8,15-17,23-24H,5,7,9-14H2,1-4H3,(H,27,31)/t23-,24-/m1/s1. The lowest BCUT2D eigenvalue weighted by Crippen LogP contribution is -2.47. The van der Waals surface area contributed by atoms with Gasteiger partial charge in [-0.1, -0.05) is 13.0 Å². The van der Waals surface area contributed by atoms with Crippen LogP contribution < -0.4 is 14.8 Å². The minimum absolute atomic E-state index is 0.0768. The molecule has 0 bridgehead atoms. The molecule has 4 rings (SSSR count). The molecule has 2 aliphatic rings. The molecule has 2 aliphatic heterocycles. The minimum atomic E-state index is -0.542. The van der Waals surface area contributed by atoms with Crippen LogP contribution in [-0.4, -0.2) is 93.6 Å². The molecular formula is C26H36N4O4S. The Labute approximate surface area is 211 Å². The zero-order valence-corrected chi connectivity index (χ0v) is 21.9. The predicted molar refractivity (Wildman–Crippen MR) is 138 cm³/mol. The average Bonchev–Trinajstić information content (AvgIpc) is 3.42. The van der Waals surface area contributed by atoms with Crippen LogP contribution in [0.15, 0.2) is 29.6 Å². The van der Waals surface area contributed by atoms with Gasteiger partial charge < -0.3 is 29.5 Å². The largest absolute Gasteiger partial charge is 0.493 e. The van der Waals surface area contributed by atoms with E-state index < -0.39 is 5.92 Å². The number of carbonyl (C=O) groups excluding carboxylic acids is 2. The molecule has 190 valence electrons.